The van der Waals surface area contributed by atoms with Crippen LogP contribution in [0.25, 0.3) is 10.4 Å². The number of nitrogens with zero attached hydrogens (tertiary/aromatic N) is 3. The molecule has 224 valence electrons. The number of anilines is 2. The molecule has 4 aromatic rings. The van der Waals surface area contributed by atoms with Crippen LogP contribution in [0.4, 0.5) is 24.5 Å². The third kappa shape index (κ3) is 7.80. The van der Waals surface area contributed by atoms with Gasteiger partial charge in [0.1, 0.15) is 0 Å². The molecule has 12 heteroatoms. The van der Waals surface area contributed by atoms with Crippen LogP contribution < -0.4 is 10.6 Å². The number of benzene rings is 2. The molecule has 0 unspecified atom stereocenters. The highest BCUT2D eigenvalue weighted by Gasteiger charge is 2.34. The minimum atomic E-state index is -4.60. The van der Waals surface area contributed by atoms with Crippen molar-refractivity contribution in [3.63, 3.8) is 0 Å². The Morgan fingerprint density at radius 1 is 0.907 bits per heavy atom. The molecule has 0 atom stereocenters. The molecule has 0 aliphatic carbocycles. The van der Waals surface area contributed by atoms with E-state index in [4.69, 9.17) is 11.6 Å². The summed E-state index contributed by atoms with van der Waals surface area (Å²) in [5, 5.41) is 7.34. The third-order valence-electron chi connectivity index (χ3n) is 7.20. The zero-order chi connectivity index (χ0) is 30.6. The molecule has 5 rings (SSSR count). The lowest BCUT2D eigenvalue weighted by atomic mass is 10.0. The number of rotatable bonds is 8. The molecule has 2 amide bonds. The summed E-state index contributed by atoms with van der Waals surface area (Å²) in [7, 11) is 0. The SMILES string of the molecule is CCN1CCN(Cc2ccc(NC(=O)c3cc(Cl)cc(C(=O)Nc4cncc(-c5cccs5)c4)c3)cc2C(F)(F)F)CC1. The van der Waals surface area contributed by atoms with Gasteiger partial charge in [0.2, 0.25) is 0 Å². The van der Waals surface area contributed by atoms with Crippen molar-refractivity contribution in [2.45, 2.75) is 19.6 Å². The van der Waals surface area contributed by atoms with Crippen molar-refractivity contribution >= 4 is 46.1 Å². The third-order valence-corrected chi connectivity index (χ3v) is 8.34. The van der Waals surface area contributed by atoms with Gasteiger partial charge in [-0.15, -0.1) is 11.3 Å². The molecule has 1 saturated heterocycles. The number of alkyl halides is 3. The lowest BCUT2D eigenvalue weighted by Crippen LogP contribution is -2.45. The first-order valence-corrected chi connectivity index (χ1v) is 14.9. The van der Waals surface area contributed by atoms with Crippen molar-refractivity contribution < 1.29 is 22.8 Å². The Kier molecular flexibility index (Phi) is 9.46. The largest absolute Gasteiger partial charge is 0.416 e. The van der Waals surface area contributed by atoms with Crippen LogP contribution in [0, 0.1) is 0 Å². The Morgan fingerprint density at radius 3 is 2.21 bits per heavy atom. The first-order chi connectivity index (χ1) is 20.6. The van der Waals surface area contributed by atoms with Crippen molar-refractivity contribution in [2.75, 3.05) is 43.4 Å². The van der Waals surface area contributed by atoms with E-state index in [0.717, 1.165) is 36.1 Å². The fraction of sp³-hybridized carbons (Fsp3) is 0.258. The van der Waals surface area contributed by atoms with Crippen LogP contribution >= 0.6 is 22.9 Å². The van der Waals surface area contributed by atoms with E-state index < -0.39 is 23.6 Å². The van der Waals surface area contributed by atoms with Crippen LogP contribution in [0.2, 0.25) is 5.02 Å². The molecule has 7 nitrogen and oxygen atoms in total. The summed E-state index contributed by atoms with van der Waals surface area (Å²) in [6, 6.07) is 13.5. The molecular formula is C31H29ClF3N5O2S. The molecule has 0 saturated carbocycles. The number of hydrogen-bond acceptors (Lipinski definition) is 6. The Balaban J connectivity index is 1.30. The van der Waals surface area contributed by atoms with Gasteiger partial charge in [-0.25, -0.2) is 0 Å². The first-order valence-electron chi connectivity index (χ1n) is 13.7. The van der Waals surface area contributed by atoms with Crippen molar-refractivity contribution in [3.8, 4) is 10.4 Å². The van der Waals surface area contributed by atoms with Gasteiger partial charge in [-0.2, -0.15) is 13.2 Å². The number of aromatic nitrogens is 1. The van der Waals surface area contributed by atoms with Crippen molar-refractivity contribution in [1.82, 2.24) is 14.8 Å². The molecule has 0 radical (unpaired) electrons. The quantitative estimate of drug-likeness (QED) is 0.217. The van der Waals surface area contributed by atoms with Gasteiger partial charge in [0, 0.05) is 71.2 Å². The van der Waals surface area contributed by atoms with E-state index in [1.807, 2.05) is 22.4 Å². The van der Waals surface area contributed by atoms with Gasteiger partial charge >= 0.3 is 6.18 Å². The number of hydrogen-bond donors (Lipinski definition) is 2. The van der Waals surface area contributed by atoms with Crippen molar-refractivity contribution in [1.29, 1.82) is 0 Å². The number of nitrogens with one attached hydrogen (secondary N) is 2. The Labute approximate surface area is 256 Å². The average Bonchev–Trinajstić information content (AvgIpc) is 3.53. The van der Waals surface area contributed by atoms with Crippen LogP contribution in [0.5, 0.6) is 0 Å². The normalized spacial score (nSPS) is 14.4. The highest BCUT2D eigenvalue weighted by Crippen LogP contribution is 2.35. The second-order valence-electron chi connectivity index (χ2n) is 10.2. The van der Waals surface area contributed by atoms with Gasteiger partial charge in [-0.1, -0.05) is 30.7 Å². The highest BCUT2D eigenvalue weighted by atomic mass is 35.5. The van der Waals surface area contributed by atoms with E-state index in [1.54, 1.807) is 12.3 Å². The van der Waals surface area contributed by atoms with E-state index in [9.17, 15) is 22.8 Å². The molecule has 43 heavy (non-hydrogen) atoms. The van der Waals surface area contributed by atoms with Gasteiger partial charge in [-0.3, -0.25) is 19.5 Å². The summed E-state index contributed by atoms with van der Waals surface area (Å²) >= 11 is 7.76. The second-order valence-corrected chi connectivity index (χ2v) is 11.5. The molecule has 2 aromatic heterocycles. The summed E-state index contributed by atoms with van der Waals surface area (Å²) in [4.78, 5) is 35.6. The minimum absolute atomic E-state index is 0.0145. The van der Waals surface area contributed by atoms with Gasteiger partial charge < -0.3 is 15.5 Å². The zero-order valence-corrected chi connectivity index (χ0v) is 24.8. The van der Waals surface area contributed by atoms with Crippen LogP contribution in [0.1, 0.15) is 38.8 Å². The Bertz CT molecular complexity index is 1610. The zero-order valence-electron chi connectivity index (χ0n) is 23.2. The van der Waals surface area contributed by atoms with E-state index in [0.29, 0.717) is 18.8 Å². The van der Waals surface area contributed by atoms with Crippen molar-refractivity contribution in [3.05, 3.63) is 99.6 Å². The van der Waals surface area contributed by atoms with Crippen LogP contribution in [-0.2, 0) is 12.7 Å². The Morgan fingerprint density at radius 2 is 1.58 bits per heavy atom. The standard InChI is InChI=1S/C31H29ClF3N5O2S/c1-2-39-7-9-40(10-8-39)19-20-5-6-25(16-27(20)31(33,34)35)37-29(41)21-12-22(14-24(32)13-21)30(42)38-26-15-23(17-36-18-26)28-4-3-11-43-28/h3-6,11-18H,2,7-10,19H2,1H3,(H,37,41)(H,38,42). The monoisotopic (exact) mass is 627 g/mol. The fourth-order valence-electron chi connectivity index (χ4n) is 4.90. The van der Waals surface area contributed by atoms with E-state index in [2.05, 4.69) is 27.4 Å². The second kappa shape index (κ2) is 13.3. The molecule has 3 heterocycles. The van der Waals surface area contributed by atoms with Crippen molar-refractivity contribution in [2.24, 2.45) is 0 Å². The summed E-state index contributed by atoms with van der Waals surface area (Å²) in [6.45, 7) is 6.13. The van der Waals surface area contributed by atoms with Gasteiger partial charge in [-0.05, 0) is 60.0 Å². The Hall–Kier alpha value is -3.77. The summed E-state index contributed by atoms with van der Waals surface area (Å²) in [6.07, 6.45) is -1.41. The van der Waals surface area contributed by atoms with Crippen LogP contribution in [0.3, 0.4) is 0 Å². The van der Waals surface area contributed by atoms with Gasteiger partial charge in [0.05, 0.1) is 17.4 Å². The number of pyridine rings is 1. The van der Waals surface area contributed by atoms with Gasteiger partial charge in [0.15, 0.2) is 0 Å². The van der Waals surface area contributed by atoms with E-state index >= 15 is 0 Å². The molecule has 2 N–H and O–H groups in total. The maximum Gasteiger partial charge on any atom is 0.416 e. The van der Waals surface area contributed by atoms with E-state index in [-0.39, 0.29) is 33.9 Å². The number of amides is 2. The van der Waals surface area contributed by atoms with Crippen LogP contribution in [-0.4, -0.2) is 59.3 Å². The van der Waals surface area contributed by atoms with E-state index in [1.165, 1.54) is 47.9 Å². The summed E-state index contributed by atoms with van der Waals surface area (Å²) < 4.78 is 42.1. The number of carbonyl (C=O) groups excluding carboxylic acids is 2. The number of likely N-dealkylation sites (N-methyl/N-ethyl adjacent to an activating group) is 1. The predicted molar refractivity (Wildman–Crippen MR) is 164 cm³/mol. The predicted octanol–water partition coefficient (Wildman–Crippen LogP) is 7.12. The fourth-order valence-corrected chi connectivity index (χ4v) is 5.85. The number of carbonyl (C=O) groups is 2. The molecule has 0 spiro atoms. The van der Waals surface area contributed by atoms with Crippen LogP contribution in [0.15, 0.2) is 72.4 Å². The summed E-state index contributed by atoms with van der Waals surface area (Å²) in [5.41, 5.74) is 0.751. The molecule has 1 aliphatic heterocycles. The molecular weight excluding hydrogens is 599 g/mol. The maximum absolute atomic E-state index is 14.0. The topological polar surface area (TPSA) is 77.6 Å². The number of thiophene rings is 1. The smallest absolute Gasteiger partial charge is 0.322 e. The number of halogens is 4. The highest BCUT2D eigenvalue weighted by molar-refractivity contribution is 7.13. The summed E-state index contributed by atoms with van der Waals surface area (Å²) in [5.74, 6) is -1.22. The lowest BCUT2D eigenvalue weighted by molar-refractivity contribution is -0.138. The average molecular weight is 628 g/mol. The minimum Gasteiger partial charge on any atom is -0.322 e. The number of piperazine rings is 1. The maximum atomic E-state index is 14.0. The molecule has 0 bridgehead atoms. The molecule has 1 aliphatic rings. The molecule has 1 fully saturated rings. The molecule has 2 aromatic carbocycles. The first kappa shape index (κ1) is 30.7. The van der Waals surface area contributed by atoms with Gasteiger partial charge in [0.25, 0.3) is 11.8 Å². The lowest BCUT2D eigenvalue weighted by Gasteiger charge is -2.34.